The van der Waals surface area contributed by atoms with E-state index in [9.17, 15) is 13.2 Å². The van der Waals surface area contributed by atoms with Crippen molar-refractivity contribution in [2.75, 3.05) is 24.3 Å². The number of anilines is 3. The van der Waals surface area contributed by atoms with Crippen LogP contribution in [-0.4, -0.2) is 38.5 Å². The van der Waals surface area contributed by atoms with Gasteiger partial charge in [-0.3, -0.25) is 9.52 Å². The molecule has 1 heterocycles. The Bertz CT molecular complexity index is 1840. The fourth-order valence-corrected chi connectivity index (χ4v) is 6.23. The summed E-state index contributed by atoms with van der Waals surface area (Å²) in [7, 11) is -1.22. The van der Waals surface area contributed by atoms with E-state index in [2.05, 4.69) is 20.0 Å². The molecule has 1 aromatic heterocycles. The number of allylic oxidation sites excluding steroid dienone is 3. The van der Waals surface area contributed by atoms with Gasteiger partial charge in [0.1, 0.15) is 16.4 Å². The second kappa shape index (κ2) is 11.5. The van der Waals surface area contributed by atoms with E-state index in [1.807, 2.05) is 0 Å². The molecule has 2 atom stereocenters. The molecule has 2 unspecified atom stereocenters. The van der Waals surface area contributed by atoms with E-state index < -0.39 is 26.7 Å². The van der Waals surface area contributed by atoms with Gasteiger partial charge >= 0.3 is 0 Å². The molecule has 0 radical (unpaired) electrons. The minimum Gasteiger partial charge on any atom is -0.497 e. The summed E-state index contributed by atoms with van der Waals surface area (Å²) >= 11 is 13.4. The molecule has 5 rings (SSSR count). The van der Waals surface area contributed by atoms with Crippen molar-refractivity contribution in [2.24, 2.45) is 11.7 Å². The number of aromatic nitrogens is 2. The van der Waals surface area contributed by atoms with E-state index in [1.54, 1.807) is 54.6 Å². The van der Waals surface area contributed by atoms with Crippen LogP contribution in [0.15, 0.2) is 94.9 Å². The van der Waals surface area contributed by atoms with Crippen molar-refractivity contribution in [3.63, 3.8) is 0 Å². The number of carbonyl (C=O) groups is 1. The van der Waals surface area contributed by atoms with Gasteiger partial charge in [-0.05, 0) is 35.9 Å². The maximum atomic E-state index is 13.7. The summed E-state index contributed by atoms with van der Waals surface area (Å²) in [5, 5.41) is 3.24. The zero-order chi connectivity index (χ0) is 30.1. The number of sulfonamides is 1. The lowest BCUT2D eigenvalue weighted by Crippen LogP contribution is -2.39. The Morgan fingerprint density at radius 1 is 0.952 bits per heavy atom. The number of nitrogens with two attached hydrogens (primary N) is 1. The molecule has 3 aromatic carbocycles. The number of halogens is 2. The third kappa shape index (κ3) is 5.58. The number of rotatable bonds is 9. The van der Waals surface area contributed by atoms with E-state index in [-0.39, 0.29) is 27.1 Å². The molecule has 0 saturated carbocycles. The number of nitrogens with one attached hydrogen (secondary N) is 2. The first-order valence-electron chi connectivity index (χ1n) is 12.5. The number of hydrogen-bond acceptors (Lipinski definition) is 8. The van der Waals surface area contributed by atoms with Crippen LogP contribution in [0.3, 0.4) is 0 Å². The highest BCUT2D eigenvalue weighted by Gasteiger charge is 2.45. The van der Waals surface area contributed by atoms with E-state index >= 15 is 0 Å². The normalized spacial score (nSPS) is 18.3. The lowest BCUT2D eigenvalue weighted by Gasteiger charge is -2.34. The summed E-state index contributed by atoms with van der Waals surface area (Å²) in [6.45, 7) is 0. The molecule has 0 spiro atoms. The standard InChI is InChI=1S/C29H25Cl2N5O5S/c1-40-19-14-18(15-20(16-19)41-2)33-27-28(35-24-11-4-3-10-23(24)34-27)36-42(38,39)21-8-5-7-17(13-21)29(31)22(26(32)37)9-6-12-25(29)30/h3-16,22H,1-2H3,(H2,32,37)(H,33,34)(H,35,36). The first-order chi connectivity index (χ1) is 20.0. The smallest absolute Gasteiger partial charge is 0.263 e. The van der Waals surface area contributed by atoms with Crippen LogP contribution in [0.25, 0.3) is 11.0 Å². The average molecular weight is 627 g/mol. The molecule has 42 heavy (non-hydrogen) atoms. The second-order valence-corrected chi connectivity index (χ2v) is 11.9. The highest BCUT2D eigenvalue weighted by molar-refractivity contribution is 7.92. The fourth-order valence-electron chi connectivity index (χ4n) is 4.51. The Kier molecular flexibility index (Phi) is 8.00. The van der Waals surface area contributed by atoms with Gasteiger partial charge in [0, 0.05) is 28.9 Å². The number of benzene rings is 3. The lowest BCUT2D eigenvalue weighted by molar-refractivity contribution is -0.121. The maximum Gasteiger partial charge on any atom is 0.263 e. The van der Waals surface area contributed by atoms with Crippen molar-refractivity contribution in [3.8, 4) is 11.5 Å². The van der Waals surface area contributed by atoms with Gasteiger partial charge in [-0.15, -0.1) is 11.6 Å². The van der Waals surface area contributed by atoms with Crippen LogP contribution in [-0.2, 0) is 19.7 Å². The molecule has 1 aliphatic rings. The molecule has 10 nitrogen and oxygen atoms in total. The third-order valence-corrected chi connectivity index (χ3v) is 9.12. The molecular weight excluding hydrogens is 601 g/mol. The van der Waals surface area contributed by atoms with Gasteiger partial charge in [-0.25, -0.2) is 18.4 Å². The van der Waals surface area contributed by atoms with Crippen LogP contribution >= 0.6 is 23.2 Å². The Hall–Kier alpha value is -4.32. The summed E-state index contributed by atoms with van der Waals surface area (Å²) in [4.78, 5) is 19.6. The molecule has 216 valence electrons. The first-order valence-corrected chi connectivity index (χ1v) is 14.7. The van der Waals surface area contributed by atoms with E-state index in [1.165, 1.54) is 44.6 Å². The fraction of sp³-hybridized carbons (Fsp3) is 0.138. The minimum atomic E-state index is -4.26. The molecule has 0 saturated heterocycles. The summed E-state index contributed by atoms with van der Waals surface area (Å²) in [5.41, 5.74) is 7.39. The van der Waals surface area contributed by atoms with Crippen molar-refractivity contribution in [1.82, 2.24) is 9.97 Å². The molecule has 0 bridgehead atoms. The number of hydrogen-bond donors (Lipinski definition) is 3. The van der Waals surface area contributed by atoms with Gasteiger partial charge in [0.05, 0.1) is 36.1 Å². The van der Waals surface area contributed by atoms with Crippen LogP contribution in [0.2, 0.25) is 0 Å². The van der Waals surface area contributed by atoms with Gasteiger partial charge in [0.2, 0.25) is 5.91 Å². The van der Waals surface area contributed by atoms with Crippen LogP contribution in [0.5, 0.6) is 11.5 Å². The van der Waals surface area contributed by atoms with Gasteiger partial charge < -0.3 is 20.5 Å². The van der Waals surface area contributed by atoms with Crippen LogP contribution in [0.1, 0.15) is 5.56 Å². The summed E-state index contributed by atoms with van der Waals surface area (Å²) in [5.74, 6) is -0.622. The van der Waals surface area contributed by atoms with Gasteiger partial charge in [0.15, 0.2) is 11.6 Å². The molecular formula is C29H25Cl2N5O5S. The van der Waals surface area contributed by atoms with E-state index in [4.69, 9.17) is 38.4 Å². The van der Waals surface area contributed by atoms with Gasteiger partial charge in [-0.2, -0.15) is 0 Å². The Balaban J connectivity index is 1.56. The van der Waals surface area contributed by atoms with E-state index in [0.717, 1.165) is 0 Å². The highest BCUT2D eigenvalue weighted by Crippen LogP contribution is 2.48. The quantitative estimate of drug-likeness (QED) is 0.209. The van der Waals surface area contributed by atoms with Crippen molar-refractivity contribution in [1.29, 1.82) is 0 Å². The number of alkyl halides is 1. The largest absolute Gasteiger partial charge is 0.497 e. The SMILES string of the molecule is COc1cc(Nc2nc3ccccc3nc2NS(=O)(=O)c2cccc(C3(Cl)C(Cl)=CC=CC3C(N)=O)c2)cc(OC)c1. The maximum absolute atomic E-state index is 13.7. The molecule has 4 N–H and O–H groups in total. The first kappa shape index (κ1) is 29.2. The number of methoxy groups -OCH3 is 2. The number of nitrogens with zero attached hydrogens (tertiary/aromatic N) is 2. The van der Waals surface area contributed by atoms with Crippen molar-refractivity contribution in [2.45, 2.75) is 9.77 Å². The van der Waals surface area contributed by atoms with Crippen molar-refractivity contribution in [3.05, 3.63) is 95.6 Å². The summed E-state index contributed by atoms with van der Waals surface area (Å²) < 4.78 is 40.7. The van der Waals surface area contributed by atoms with Gasteiger partial charge in [0.25, 0.3) is 10.0 Å². The number of fused-ring (bicyclic) bond motifs is 1. The van der Waals surface area contributed by atoms with E-state index in [0.29, 0.717) is 28.2 Å². The minimum absolute atomic E-state index is 0.0602. The van der Waals surface area contributed by atoms with Crippen LogP contribution in [0.4, 0.5) is 17.3 Å². The third-order valence-electron chi connectivity index (χ3n) is 6.61. The predicted octanol–water partition coefficient (Wildman–Crippen LogP) is 5.42. The number of carbonyl (C=O) groups excluding carboxylic acids is 1. The van der Waals surface area contributed by atoms with Crippen molar-refractivity contribution < 1.29 is 22.7 Å². The summed E-state index contributed by atoms with van der Waals surface area (Å²) in [6, 6.07) is 17.9. The highest BCUT2D eigenvalue weighted by atomic mass is 35.5. The zero-order valence-electron chi connectivity index (χ0n) is 22.3. The topological polar surface area (TPSA) is 146 Å². The molecule has 1 amide bonds. The molecule has 4 aromatic rings. The lowest BCUT2D eigenvalue weighted by atomic mass is 9.81. The molecule has 1 aliphatic carbocycles. The molecule has 13 heteroatoms. The Morgan fingerprint density at radius 2 is 1.60 bits per heavy atom. The number of para-hydroxylation sites is 2. The van der Waals surface area contributed by atoms with Crippen LogP contribution < -0.4 is 25.2 Å². The predicted molar refractivity (Wildman–Crippen MR) is 163 cm³/mol. The Morgan fingerprint density at radius 3 is 2.21 bits per heavy atom. The molecule has 0 aliphatic heterocycles. The number of primary amides is 1. The van der Waals surface area contributed by atoms with Crippen molar-refractivity contribution >= 4 is 67.5 Å². The number of ether oxygens (including phenoxy) is 2. The number of amides is 1. The molecule has 0 fully saturated rings. The second-order valence-electron chi connectivity index (χ2n) is 9.26. The summed E-state index contributed by atoms with van der Waals surface area (Å²) in [6.07, 6.45) is 4.63. The zero-order valence-corrected chi connectivity index (χ0v) is 24.7. The monoisotopic (exact) mass is 625 g/mol. The Labute approximate surface area is 252 Å². The van der Waals surface area contributed by atoms with Crippen LogP contribution in [0, 0.1) is 5.92 Å². The van der Waals surface area contributed by atoms with Gasteiger partial charge in [-0.1, -0.05) is 48.0 Å². The average Bonchev–Trinajstić information content (AvgIpc) is 2.98.